The van der Waals surface area contributed by atoms with Gasteiger partial charge in [-0.15, -0.1) is 0 Å². The van der Waals surface area contributed by atoms with Gasteiger partial charge in [0.25, 0.3) is 0 Å². The number of rotatable bonds is 5. The number of hydrogen-bond donors (Lipinski definition) is 1. The third-order valence-electron chi connectivity index (χ3n) is 4.47. The van der Waals surface area contributed by atoms with E-state index in [4.69, 9.17) is 27.9 Å². The van der Waals surface area contributed by atoms with E-state index in [2.05, 4.69) is 0 Å². The van der Waals surface area contributed by atoms with Crippen molar-refractivity contribution >= 4 is 40.1 Å². The zero-order valence-electron chi connectivity index (χ0n) is 14.9. The van der Waals surface area contributed by atoms with Gasteiger partial charge in [0.15, 0.2) is 11.4 Å². The number of aromatic nitrogens is 1. The molecule has 0 bridgehead atoms. The number of benzene rings is 3. The van der Waals surface area contributed by atoms with Crippen LogP contribution < -0.4 is 4.74 Å². The molecule has 1 heterocycles. The average molecular weight is 430 g/mol. The van der Waals surface area contributed by atoms with Gasteiger partial charge in [-0.05, 0) is 60.2 Å². The van der Waals surface area contributed by atoms with Crippen LogP contribution in [0.3, 0.4) is 0 Å². The molecule has 1 aromatic heterocycles. The number of carboxylic acids is 1. The van der Waals surface area contributed by atoms with E-state index in [9.17, 15) is 14.3 Å². The predicted molar refractivity (Wildman–Crippen MR) is 111 cm³/mol. The van der Waals surface area contributed by atoms with E-state index in [0.717, 1.165) is 5.56 Å². The van der Waals surface area contributed by atoms with Crippen LogP contribution >= 0.6 is 23.2 Å². The lowest BCUT2D eigenvalue weighted by molar-refractivity contribution is 0.0683. The fourth-order valence-corrected chi connectivity index (χ4v) is 3.47. The lowest BCUT2D eigenvalue weighted by Gasteiger charge is -2.10. The standard InChI is InChI=1S/C22H14Cl2FNO3/c23-14-3-1-13(2-4-14)12-26-19-10-5-15(24)11-18(19)21(20(26)22(27)28)29-17-8-6-16(25)7-9-17/h1-11H,12H2,(H,27,28). The SMILES string of the molecule is O=C(O)c1c(Oc2ccc(F)cc2)c2cc(Cl)ccc2n1Cc1ccc(Cl)cc1. The first kappa shape index (κ1) is 19.3. The topological polar surface area (TPSA) is 51.5 Å². The first-order chi connectivity index (χ1) is 13.9. The fraction of sp³-hybridized carbons (Fsp3) is 0.0455. The van der Waals surface area contributed by atoms with Gasteiger partial charge in [-0.3, -0.25) is 0 Å². The number of ether oxygens (including phenoxy) is 1. The third-order valence-corrected chi connectivity index (χ3v) is 4.96. The van der Waals surface area contributed by atoms with E-state index in [1.165, 1.54) is 24.3 Å². The molecule has 0 aliphatic carbocycles. The molecule has 29 heavy (non-hydrogen) atoms. The summed E-state index contributed by atoms with van der Waals surface area (Å²) in [5, 5.41) is 11.5. The number of hydrogen-bond acceptors (Lipinski definition) is 2. The van der Waals surface area contributed by atoms with Crippen molar-refractivity contribution in [1.29, 1.82) is 0 Å². The largest absolute Gasteiger partial charge is 0.476 e. The smallest absolute Gasteiger partial charge is 0.356 e. The van der Waals surface area contributed by atoms with Gasteiger partial charge in [-0.25, -0.2) is 9.18 Å². The van der Waals surface area contributed by atoms with Crippen molar-refractivity contribution in [3.05, 3.63) is 93.8 Å². The van der Waals surface area contributed by atoms with Gasteiger partial charge in [-0.1, -0.05) is 35.3 Å². The molecule has 0 amide bonds. The third kappa shape index (κ3) is 3.92. The Labute approximate surface area is 175 Å². The Bertz CT molecular complexity index is 1200. The summed E-state index contributed by atoms with van der Waals surface area (Å²) < 4.78 is 20.8. The highest BCUT2D eigenvalue weighted by Crippen LogP contribution is 2.38. The normalized spacial score (nSPS) is 11.0. The Morgan fingerprint density at radius 1 is 0.966 bits per heavy atom. The summed E-state index contributed by atoms with van der Waals surface area (Å²) in [5.74, 6) is -1.09. The first-order valence-electron chi connectivity index (χ1n) is 8.65. The molecule has 0 unspecified atom stereocenters. The number of fused-ring (bicyclic) bond motifs is 1. The number of halogens is 3. The fourth-order valence-electron chi connectivity index (χ4n) is 3.17. The maximum atomic E-state index is 13.2. The molecular formula is C22H14Cl2FNO3. The molecule has 0 radical (unpaired) electrons. The number of nitrogens with zero attached hydrogens (tertiary/aromatic N) is 1. The number of carbonyl (C=O) groups is 1. The van der Waals surface area contributed by atoms with Crippen molar-refractivity contribution in [2.45, 2.75) is 6.54 Å². The molecule has 4 rings (SSSR count). The highest BCUT2D eigenvalue weighted by molar-refractivity contribution is 6.31. The molecular weight excluding hydrogens is 416 g/mol. The maximum Gasteiger partial charge on any atom is 0.356 e. The maximum absolute atomic E-state index is 13.2. The molecule has 0 aliphatic heterocycles. The second kappa shape index (κ2) is 7.78. The van der Waals surface area contributed by atoms with Crippen LogP contribution in [-0.4, -0.2) is 15.6 Å². The molecule has 146 valence electrons. The van der Waals surface area contributed by atoms with Crippen LogP contribution in [0.15, 0.2) is 66.7 Å². The second-order valence-corrected chi connectivity index (χ2v) is 7.29. The Morgan fingerprint density at radius 3 is 2.28 bits per heavy atom. The van der Waals surface area contributed by atoms with Crippen LogP contribution in [0.4, 0.5) is 4.39 Å². The van der Waals surface area contributed by atoms with E-state index < -0.39 is 11.8 Å². The van der Waals surface area contributed by atoms with Crippen molar-refractivity contribution in [3.63, 3.8) is 0 Å². The van der Waals surface area contributed by atoms with E-state index >= 15 is 0 Å². The first-order valence-corrected chi connectivity index (χ1v) is 9.41. The summed E-state index contributed by atoms with van der Waals surface area (Å²) in [6.45, 7) is 0.295. The predicted octanol–water partition coefficient (Wildman–Crippen LogP) is 6.63. The minimum absolute atomic E-state index is 0.0264. The molecule has 0 spiro atoms. The molecule has 7 heteroatoms. The summed E-state index contributed by atoms with van der Waals surface area (Å²) >= 11 is 12.1. The van der Waals surface area contributed by atoms with Crippen LogP contribution in [0.1, 0.15) is 16.1 Å². The molecule has 0 atom stereocenters. The second-order valence-electron chi connectivity index (χ2n) is 6.41. The van der Waals surface area contributed by atoms with Crippen LogP contribution in [0.2, 0.25) is 10.0 Å². The van der Waals surface area contributed by atoms with Crippen LogP contribution in [0.5, 0.6) is 11.5 Å². The van der Waals surface area contributed by atoms with Crippen molar-refractivity contribution < 1.29 is 19.0 Å². The zero-order valence-corrected chi connectivity index (χ0v) is 16.4. The van der Waals surface area contributed by atoms with Gasteiger partial charge in [0.1, 0.15) is 11.6 Å². The van der Waals surface area contributed by atoms with Gasteiger partial charge >= 0.3 is 5.97 Å². The molecule has 0 saturated carbocycles. The summed E-state index contributed by atoms with van der Waals surface area (Å²) in [7, 11) is 0. The van der Waals surface area contributed by atoms with E-state index in [-0.39, 0.29) is 11.4 Å². The lowest BCUT2D eigenvalue weighted by Crippen LogP contribution is -2.10. The van der Waals surface area contributed by atoms with Crippen LogP contribution in [0, 0.1) is 5.82 Å². The highest BCUT2D eigenvalue weighted by Gasteiger charge is 2.25. The lowest BCUT2D eigenvalue weighted by atomic mass is 10.2. The Hall–Kier alpha value is -3.02. The molecule has 0 aliphatic rings. The van der Waals surface area contributed by atoms with E-state index in [1.54, 1.807) is 34.9 Å². The quantitative estimate of drug-likeness (QED) is 0.387. The minimum atomic E-state index is -1.15. The van der Waals surface area contributed by atoms with E-state index in [0.29, 0.717) is 33.2 Å². The number of aromatic carboxylic acids is 1. The Morgan fingerprint density at radius 2 is 1.62 bits per heavy atom. The Kier molecular flexibility index (Phi) is 5.18. The van der Waals surface area contributed by atoms with Crippen molar-refractivity contribution in [1.82, 2.24) is 4.57 Å². The molecule has 0 saturated heterocycles. The van der Waals surface area contributed by atoms with Crippen LogP contribution in [-0.2, 0) is 6.54 Å². The van der Waals surface area contributed by atoms with Gasteiger partial charge in [-0.2, -0.15) is 0 Å². The minimum Gasteiger partial charge on any atom is -0.476 e. The average Bonchev–Trinajstić information content (AvgIpc) is 2.98. The van der Waals surface area contributed by atoms with Crippen LogP contribution in [0.25, 0.3) is 10.9 Å². The van der Waals surface area contributed by atoms with Gasteiger partial charge < -0.3 is 14.4 Å². The van der Waals surface area contributed by atoms with Crippen molar-refractivity contribution in [2.75, 3.05) is 0 Å². The summed E-state index contributed by atoms with van der Waals surface area (Å²) in [4.78, 5) is 12.2. The molecule has 0 fully saturated rings. The molecule has 4 aromatic rings. The summed E-state index contributed by atoms with van der Waals surface area (Å²) in [6.07, 6.45) is 0. The number of carboxylic acid groups (broad SMARTS) is 1. The zero-order chi connectivity index (χ0) is 20.5. The molecule has 4 nitrogen and oxygen atoms in total. The van der Waals surface area contributed by atoms with Crippen molar-refractivity contribution in [2.24, 2.45) is 0 Å². The van der Waals surface area contributed by atoms with Gasteiger partial charge in [0, 0.05) is 22.0 Å². The summed E-state index contributed by atoms with van der Waals surface area (Å²) in [5.41, 5.74) is 1.50. The molecule has 1 N–H and O–H groups in total. The van der Waals surface area contributed by atoms with Crippen molar-refractivity contribution in [3.8, 4) is 11.5 Å². The summed E-state index contributed by atoms with van der Waals surface area (Å²) in [6, 6.07) is 17.6. The van der Waals surface area contributed by atoms with Gasteiger partial charge in [0.05, 0.1) is 5.52 Å². The monoisotopic (exact) mass is 429 g/mol. The van der Waals surface area contributed by atoms with Gasteiger partial charge in [0.2, 0.25) is 0 Å². The Balaban J connectivity index is 1.90. The molecule has 3 aromatic carbocycles. The highest BCUT2D eigenvalue weighted by atomic mass is 35.5. The van der Waals surface area contributed by atoms with E-state index in [1.807, 2.05) is 12.1 Å².